The predicted octanol–water partition coefficient (Wildman–Crippen LogP) is 5.40. The van der Waals surface area contributed by atoms with E-state index in [1.165, 1.54) is 32.1 Å². The summed E-state index contributed by atoms with van der Waals surface area (Å²) in [7, 11) is 0. The monoisotopic (exact) mass is 278 g/mol. The third kappa shape index (κ3) is 5.15. The van der Waals surface area contributed by atoms with E-state index < -0.39 is 6.17 Å². The lowest BCUT2D eigenvalue weighted by Gasteiger charge is -2.28. The minimum atomic E-state index is -0.834. The van der Waals surface area contributed by atoms with E-state index in [4.69, 9.17) is 4.74 Å². The standard InChI is InChI=1S/C18H27FO/c1-2-15-8-10-16(11-9-15)12-13-17(19)14-20-18-6-4-3-5-7-18/h3-7,15-17H,2,8-14H2,1H3. The Morgan fingerprint density at radius 3 is 2.40 bits per heavy atom. The van der Waals surface area contributed by atoms with Gasteiger partial charge in [0.05, 0.1) is 0 Å². The average Bonchev–Trinajstić information content (AvgIpc) is 2.52. The van der Waals surface area contributed by atoms with E-state index in [2.05, 4.69) is 6.92 Å². The number of halogens is 1. The zero-order valence-electron chi connectivity index (χ0n) is 12.6. The van der Waals surface area contributed by atoms with Gasteiger partial charge in [-0.3, -0.25) is 0 Å². The number of hydrogen-bond donors (Lipinski definition) is 0. The van der Waals surface area contributed by atoms with Crippen molar-refractivity contribution in [1.82, 2.24) is 0 Å². The van der Waals surface area contributed by atoms with Crippen LogP contribution in [0.3, 0.4) is 0 Å². The lowest BCUT2D eigenvalue weighted by atomic mass is 9.79. The average molecular weight is 278 g/mol. The van der Waals surface area contributed by atoms with Crippen LogP contribution in [0.4, 0.5) is 4.39 Å². The smallest absolute Gasteiger partial charge is 0.134 e. The SMILES string of the molecule is CCC1CCC(CCC(F)COc2ccccc2)CC1. The molecule has 0 bridgehead atoms. The normalized spacial score (nSPS) is 24.3. The molecule has 20 heavy (non-hydrogen) atoms. The zero-order valence-corrected chi connectivity index (χ0v) is 12.6. The van der Waals surface area contributed by atoms with Gasteiger partial charge in [0.2, 0.25) is 0 Å². The lowest BCUT2D eigenvalue weighted by molar-refractivity contribution is 0.167. The fourth-order valence-electron chi connectivity index (χ4n) is 3.13. The number of alkyl halides is 1. The van der Waals surface area contributed by atoms with Gasteiger partial charge in [0.15, 0.2) is 0 Å². The van der Waals surface area contributed by atoms with Gasteiger partial charge in [-0.2, -0.15) is 0 Å². The first-order chi connectivity index (χ1) is 9.78. The van der Waals surface area contributed by atoms with Crippen LogP contribution in [-0.4, -0.2) is 12.8 Å². The number of para-hydroxylation sites is 1. The Morgan fingerprint density at radius 2 is 1.75 bits per heavy atom. The van der Waals surface area contributed by atoms with Crippen LogP contribution in [0.2, 0.25) is 0 Å². The molecule has 0 saturated heterocycles. The predicted molar refractivity (Wildman–Crippen MR) is 81.8 cm³/mol. The molecule has 0 aliphatic heterocycles. The minimum Gasteiger partial charge on any atom is -0.491 e. The molecule has 1 fully saturated rings. The van der Waals surface area contributed by atoms with Crippen molar-refractivity contribution < 1.29 is 9.13 Å². The van der Waals surface area contributed by atoms with E-state index in [-0.39, 0.29) is 6.61 Å². The van der Waals surface area contributed by atoms with Gasteiger partial charge in [0.1, 0.15) is 18.5 Å². The first kappa shape index (κ1) is 15.3. The Balaban J connectivity index is 1.59. The zero-order chi connectivity index (χ0) is 14.2. The Hall–Kier alpha value is -1.05. The summed E-state index contributed by atoms with van der Waals surface area (Å²) < 4.78 is 19.3. The van der Waals surface area contributed by atoms with Crippen LogP contribution in [0.25, 0.3) is 0 Å². The molecule has 0 aromatic heterocycles. The van der Waals surface area contributed by atoms with Crippen LogP contribution in [0.5, 0.6) is 5.75 Å². The second-order valence-corrected chi connectivity index (χ2v) is 6.09. The van der Waals surface area contributed by atoms with Crippen molar-refractivity contribution in [3.8, 4) is 5.75 Å². The van der Waals surface area contributed by atoms with Crippen LogP contribution in [0, 0.1) is 11.8 Å². The minimum absolute atomic E-state index is 0.189. The molecule has 0 spiro atoms. The number of rotatable bonds is 7. The number of benzene rings is 1. The van der Waals surface area contributed by atoms with Gasteiger partial charge in [0, 0.05) is 0 Å². The van der Waals surface area contributed by atoms with Crippen molar-refractivity contribution in [1.29, 1.82) is 0 Å². The Kier molecular flexibility index (Phi) is 6.35. The highest BCUT2D eigenvalue weighted by Gasteiger charge is 2.21. The van der Waals surface area contributed by atoms with Gasteiger partial charge >= 0.3 is 0 Å². The molecule has 2 heteroatoms. The molecule has 1 saturated carbocycles. The molecule has 0 heterocycles. The Morgan fingerprint density at radius 1 is 1.10 bits per heavy atom. The fraction of sp³-hybridized carbons (Fsp3) is 0.667. The van der Waals surface area contributed by atoms with Gasteiger partial charge < -0.3 is 4.74 Å². The molecule has 1 aliphatic rings. The third-order valence-electron chi connectivity index (χ3n) is 4.61. The summed E-state index contributed by atoms with van der Waals surface area (Å²) in [6, 6.07) is 9.51. The second kappa shape index (κ2) is 8.28. The molecular weight excluding hydrogens is 251 g/mol. The van der Waals surface area contributed by atoms with Crippen LogP contribution >= 0.6 is 0 Å². The number of ether oxygens (including phenoxy) is 1. The maximum atomic E-state index is 13.9. The highest BCUT2D eigenvalue weighted by atomic mass is 19.1. The van der Waals surface area contributed by atoms with Gasteiger partial charge in [-0.15, -0.1) is 0 Å². The topological polar surface area (TPSA) is 9.23 Å². The summed E-state index contributed by atoms with van der Waals surface area (Å²) in [5.41, 5.74) is 0. The third-order valence-corrected chi connectivity index (χ3v) is 4.61. The van der Waals surface area contributed by atoms with E-state index in [1.807, 2.05) is 30.3 Å². The molecule has 1 aromatic carbocycles. The van der Waals surface area contributed by atoms with Gasteiger partial charge in [-0.1, -0.05) is 57.2 Å². The maximum Gasteiger partial charge on any atom is 0.134 e. The van der Waals surface area contributed by atoms with Crippen molar-refractivity contribution in [3.63, 3.8) is 0 Å². The molecule has 1 atom stereocenters. The van der Waals surface area contributed by atoms with Crippen molar-refractivity contribution in [3.05, 3.63) is 30.3 Å². The van der Waals surface area contributed by atoms with Crippen molar-refractivity contribution in [2.45, 2.75) is 58.0 Å². The first-order valence-electron chi connectivity index (χ1n) is 8.09. The van der Waals surface area contributed by atoms with Gasteiger partial charge in [0.25, 0.3) is 0 Å². The van der Waals surface area contributed by atoms with Crippen molar-refractivity contribution in [2.75, 3.05) is 6.61 Å². The highest BCUT2D eigenvalue weighted by Crippen LogP contribution is 2.33. The summed E-state index contributed by atoms with van der Waals surface area (Å²) in [5, 5.41) is 0. The quantitative estimate of drug-likeness (QED) is 0.649. The highest BCUT2D eigenvalue weighted by molar-refractivity contribution is 5.20. The lowest BCUT2D eigenvalue weighted by Crippen LogP contribution is -2.18. The maximum absolute atomic E-state index is 13.9. The van der Waals surface area contributed by atoms with Crippen LogP contribution < -0.4 is 4.74 Å². The van der Waals surface area contributed by atoms with E-state index in [0.717, 1.165) is 24.0 Å². The first-order valence-corrected chi connectivity index (χ1v) is 8.09. The molecule has 1 aromatic rings. The molecule has 0 amide bonds. The van der Waals surface area contributed by atoms with Crippen LogP contribution in [-0.2, 0) is 0 Å². The molecule has 0 N–H and O–H groups in total. The van der Waals surface area contributed by atoms with Crippen LogP contribution in [0.1, 0.15) is 51.9 Å². The van der Waals surface area contributed by atoms with Gasteiger partial charge in [-0.25, -0.2) is 4.39 Å². The molecular formula is C18H27FO. The number of hydrogen-bond acceptors (Lipinski definition) is 1. The molecule has 0 radical (unpaired) electrons. The summed E-state index contributed by atoms with van der Waals surface area (Å²) in [5.74, 6) is 2.43. The second-order valence-electron chi connectivity index (χ2n) is 6.09. The van der Waals surface area contributed by atoms with Crippen molar-refractivity contribution >= 4 is 0 Å². The van der Waals surface area contributed by atoms with Crippen molar-refractivity contribution in [2.24, 2.45) is 11.8 Å². The van der Waals surface area contributed by atoms with E-state index in [1.54, 1.807) is 0 Å². The summed E-state index contributed by atoms with van der Waals surface area (Å²) in [6.45, 7) is 2.47. The van der Waals surface area contributed by atoms with E-state index in [0.29, 0.717) is 6.42 Å². The van der Waals surface area contributed by atoms with E-state index >= 15 is 0 Å². The fourth-order valence-corrected chi connectivity index (χ4v) is 3.13. The van der Waals surface area contributed by atoms with Crippen LogP contribution in [0.15, 0.2) is 30.3 Å². The largest absolute Gasteiger partial charge is 0.491 e. The summed E-state index contributed by atoms with van der Waals surface area (Å²) in [6.07, 6.45) is 7.43. The molecule has 112 valence electrons. The summed E-state index contributed by atoms with van der Waals surface area (Å²) >= 11 is 0. The van der Waals surface area contributed by atoms with E-state index in [9.17, 15) is 4.39 Å². The molecule has 2 rings (SSSR count). The summed E-state index contributed by atoms with van der Waals surface area (Å²) in [4.78, 5) is 0. The van der Waals surface area contributed by atoms with Gasteiger partial charge in [-0.05, 0) is 36.8 Å². The molecule has 1 aliphatic carbocycles. The molecule has 1 unspecified atom stereocenters. The Labute approximate surface area is 122 Å². The molecule has 1 nitrogen and oxygen atoms in total. The Bertz CT molecular complexity index is 357.